The highest BCUT2D eigenvalue weighted by Gasteiger charge is 2.68. The van der Waals surface area contributed by atoms with Crippen LogP contribution in [0, 0.1) is 45.8 Å². The molecule has 0 saturated heterocycles. The van der Waals surface area contributed by atoms with Gasteiger partial charge in [0.15, 0.2) is 5.41 Å². The molecule has 0 amide bonds. The third-order valence-corrected chi connectivity index (χ3v) is 10.9. The Morgan fingerprint density at radius 3 is 2.35 bits per heavy atom. The molecule has 0 aromatic rings. The Hall–Kier alpha value is -1.49. The number of aliphatic hydroxyl groups is 1. The second-order valence-corrected chi connectivity index (χ2v) is 12.8. The van der Waals surface area contributed by atoms with Crippen molar-refractivity contribution in [3.63, 3.8) is 0 Å². The molecular formula is C29H44O5. The van der Waals surface area contributed by atoms with Crippen LogP contribution in [0.15, 0.2) is 11.1 Å². The Morgan fingerprint density at radius 2 is 1.76 bits per heavy atom. The molecule has 1 N–H and O–H groups in total. The van der Waals surface area contributed by atoms with Crippen LogP contribution in [0.5, 0.6) is 0 Å². The van der Waals surface area contributed by atoms with Crippen LogP contribution in [0.1, 0.15) is 92.9 Å². The standard InChI is InChI=1S/C29H44O5/c1-16(2)22-23-19-8-9-21-27(5,14-11-18(4)30)17(3)10-13-28(21,6)20(19)12-15-29(23,26(33)34-7)25(32)24(22)31/h16-21,30H,8-15H2,1-7H3. The zero-order valence-electron chi connectivity index (χ0n) is 22.2. The van der Waals surface area contributed by atoms with Crippen LogP contribution in [0.25, 0.3) is 0 Å². The number of esters is 1. The van der Waals surface area contributed by atoms with Crippen LogP contribution in [-0.2, 0) is 19.1 Å². The minimum Gasteiger partial charge on any atom is -0.468 e. The first-order valence-corrected chi connectivity index (χ1v) is 13.5. The van der Waals surface area contributed by atoms with Crippen molar-refractivity contribution in [2.45, 2.75) is 99.0 Å². The highest BCUT2D eigenvalue weighted by atomic mass is 16.5. The number of hydrogen-bond acceptors (Lipinski definition) is 5. The molecular weight excluding hydrogens is 428 g/mol. The van der Waals surface area contributed by atoms with E-state index in [0.717, 1.165) is 50.5 Å². The molecule has 0 aliphatic heterocycles. The zero-order valence-corrected chi connectivity index (χ0v) is 22.2. The van der Waals surface area contributed by atoms with E-state index < -0.39 is 23.0 Å². The van der Waals surface area contributed by atoms with Gasteiger partial charge >= 0.3 is 5.97 Å². The second-order valence-electron chi connectivity index (χ2n) is 12.8. The monoisotopic (exact) mass is 472 g/mol. The molecule has 5 heteroatoms. The number of carbonyl (C=O) groups excluding carboxylic acids is 3. The first-order valence-electron chi connectivity index (χ1n) is 13.5. The summed E-state index contributed by atoms with van der Waals surface area (Å²) in [7, 11) is 1.33. The van der Waals surface area contributed by atoms with E-state index in [1.165, 1.54) is 7.11 Å². The largest absolute Gasteiger partial charge is 0.468 e. The van der Waals surface area contributed by atoms with Gasteiger partial charge in [-0.2, -0.15) is 0 Å². The number of ketones is 2. The molecule has 3 fully saturated rings. The van der Waals surface area contributed by atoms with Crippen LogP contribution in [-0.4, -0.2) is 35.9 Å². The van der Waals surface area contributed by atoms with Crippen molar-refractivity contribution in [3.05, 3.63) is 11.1 Å². The van der Waals surface area contributed by atoms with Crippen molar-refractivity contribution in [2.75, 3.05) is 7.11 Å². The fourth-order valence-corrected chi connectivity index (χ4v) is 9.03. The average Bonchev–Trinajstić information content (AvgIpc) is 3.03. The van der Waals surface area contributed by atoms with E-state index in [2.05, 4.69) is 20.8 Å². The quantitative estimate of drug-likeness (QED) is 0.334. The molecule has 0 aromatic heterocycles. The summed E-state index contributed by atoms with van der Waals surface area (Å²) in [6.45, 7) is 13.1. The van der Waals surface area contributed by atoms with Crippen molar-refractivity contribution in [2.24, 2.45) is 45.8 Å². The smallest absolute Gasteiger partial charge is 0.324 e. The Bertz CT molecular complexity index is 915. The summed E-state index contributed by atoms with van der Waals surface area (Å²) in [5, 5.41) is 10.1. The number of rotatable bonds is 5. The van der Waals surface area contributed by atoms with Crippen LogP contribution in [0.4, 0.5) is 0 Å². The molecule has 0 heterocycles. The number of carbonyl (C=O) groups is 3. The Morgan fingerprint density at radius 1 is 1.09 bits per heavy atom. The molecule has 4 aliphatic rings. The third-order valence-electron chi connectivity index (χ3n) is 10.9. The van der Waals surface area contributed by atoms with Gasteiger partial charge in [0.25, 0.3) is 0 Å². The lowest BCUT2D eigenvalue weighted by molar-refractivity contribution is -0.165. The maximum absolute atomic E-state index is 13.4. The fraction of sp³-hybridized carbons (Fsp3) is 0.828. The van der Waals surface area contributed by atoms with Crippen LogP contribution in [0.3, 0.4) is 0 Å². The van der Waals surface area contributed by atoms with Crippen LogP contribution in [0.2, 0.25) is 0 Å². The Balaban J connectivity index is 1.80. The Labute approximate surface area is 205 Å². The molecule has 0 aromatic carbocycles. The molecule has 8 atom stereocenters. The van der Waals surface area contributed by atoms with Gasteiger partial charge in [0.2, 0.25) is 11.6 Å². The zero-order chi connectivity index (χ0) is 25.2. The molecule has 5 nitrogen and oxygen atoms in total. The van der Waals surface area contributed by atoms with E-state index in [9.17, 15) is 19.5 Å². The number of ether oxygens (including phenoxy) is 1. The summed E-state index contributed by atoms with van der Waals surface area (Å²) in [6, 6.07) is 0. The Kier molecular flexibility index (Phi) is 6.45. The summed E-state index contributed by atoms with van der Waals surface area (Å²) in [4.78, 5) is 39.8. The molecule has 3 saturated carbocycles. The molecule has 190 valence electrons. The summed E-state index contributed by atoms with van der Waals surface area (Å²) in [5.41, 5.74) is 0.267. The molecule has 0 bridgehead atoms. The molecule has 4 aliphatic carbocycles. The lowest BCUT2D eigenvalue weighted by Gasteiger charge is -2.64. The molecule has 8 unspecified atom stereocenters. The van der Waals surface area contributed by atoms with Crippen molar-refractivity contribution < 1.29 is 24.2 Å². The summed E-state index contributed by atoms with van der Waals surface area (Å²) in [6.07, 6.45) is 6.95. The van der Waals surface area contributed by atoms with Gasteiger partial charge in [0, 0.05) is 5.57 Å². The van der Waals surface area contributed by atoms with Gasteiger partial charge in [-0.3, -0.25) is 14.4 Å². The maximum Gasteiger partial charge on any atom is 0.324 e. The SMILES string of the molecule is COC(=O)C12CCC3C(CCC4C(C)(CCC(C)O)C(C)CCC34C)C1=C(C(C)C)C(=O)C2=O. The lowest BCUT2D eigenvalue weighted by Crippen LogP contribution is -2.58. The minimum atomic E-state index is -1.40. The van der Waals surface area contributed by atoms with Crippen molar-refractivity contribution >= 4 is 17.5 Å². The number of Topliss-reactive ketones (excluding diaryl/α,β-unsaturated/α-hetero) is 2. The van der Waals surface area contributed by atoms with Gasteiger partial charge in [-0.1, -0.05) is 34.6 Å². The predicted molar refractivity (Wildman–Crippen MR) is 131 cm³/mol. The van der Waals surface area contributed by atoms with Crippen molar-refractivity contribution in [3.8, 4) is 0 Å². The topological polar surface area (TPSA) is 80.7 Å². The first-order chi connectivity index (χ1) is 15.9. The predicted octanol–water partition coefficient (Wildman–Crippen LogP) is 5.29. The van der Waals surface area contributed by atoms with Gasteiger partial charge in [0.05, 0.1) is 13.2 Å². The molecule has 4 rings (SSSR count). The highest BCUT2D eigenvalue weighted by molar-refractivity contribution is 6.52. The molecule has 0 radical (unpaired) electrons. The number of methoxy groups -OCH3 is 1. The second kappa shape index (κ2) is 8.57. The minimum absolute atomic E-state index is 0.0799. The van der Waals surface area contributed by atoms with E-state index in [1.54, 1.807) is 0 Å². The summed E-state index contributed by atoms with van der Waals surface area (Å²) < 4.78 is 5.18. The number of aliphatic hydroxyl groups excluding tert-OH is 1. The van der Waals surface area contributed by atoms with Gasteiger partial charge in [-0.25, -0.2) is 0 Å². The van der Waals surface area contributed by atoms with Crippen LogP contribution >= 0.6 is 0 Å². The van der Waals surface area contributed by atoms with Crippen molar-refractivity contribution in [1.29, 1.82) is 0 Å². The van der Waals surface area contributed by atoms with E-state index in [0.29, 0.717) is 29.7 Å². The normalized spacial score (nSPS) is 42.9. The first kappa shape index (κ1) is 25.6. The number of allylic oxidation sites excluding steroid dienone is 1. The average molecular weight is 473 g/mol. The van der Waals surface area contributed by atoms with E-state index in [1.807, 2.05) is 20.8 Å². The maximum atomic E-state index is 13.4. The third kappa shape index (κ3) is 3.32. The summed E-state index contributed by atoms with van der Waals surface area (Å²) in [5.74, 6) is -0.0819. The highest BCUT2D eigenvalue weighted by Crippen LogP contribution is 2.69. The van der Waals surface area contributed by atoms with Crippen molar-refractivity contribution in [1.82, 2.24) is 0 Å². The van der Waals surface area contributed by atoms with E-state index in [-0.39, 0.29) is 28.8 Å². The molecule has 34 heavy (non-hydrogen) atoms. The lowest BCUT2D eigenvalue weighted by atomic mass is 9.40. The van der Waals surface area contributed by atoms with Gasteiger partial charge < -0.3 is 9.84 Å². The molecule has 0 spiro atoms. The van der Waals surface area contributed by atoms with Gasteiger partial charge in [0.1, 0.15) is 0 Å². The fourth-order valence-electron chi connectivity index (χ4n) is 9.03. The van der Waals surface area contributed by atoms with E-state index in [4.69, 9.17) is 4.74 Å². The number of fused-ring (bicyclic) bond motifs is 5. The number of hydrogen-bond donors (Lipinski definition) is 1. The van der Waals surface area contributed by atoms with E-state index >= 15 is 0 Å². The van der Waals surface area contributed by atoms with Crippen LogP contribution < -0.4 is 0 Å². The van der Waals surface area contributed by atoms with Gasteiger partial charge in [-0.05, 0) is 104 Å². The van der Waals surface area contributed by atoms with Gasteiger partial charge in [-0.15, -0.1) is 0 Å². The summed E-state index contributed by atoms with van der Waals surface area (Å²) >= 11 is 0.